The highest BCUT2D eigenvalue weighted by atomic mass is 19.1. The molecule has 0 aliphatic rings. The largest absolute Gasteiger partial charge is 0.494 e. The molecule has 0 unspecified atom stereocenters. The lowest BCUT2D eigenvalue weighted by atomic mass is 10.2. The lowest BCUT2D eigenvalue weighted by molar-refractivity contribution is 0.0695. The van der Waals surface area contributed by atoms with E-state index in [0.29, 0.717) is 11.4 Å². The molecule has 2 rings (SSSR count). The Labute approximate surface area is 114 Å². The zero-order chi connectivity index (χ0) is 14.7. The zero-order valence-electron chi connectivity index (χ0n) is 11.1. The summed E-state index contributed by atoms with van der Waals surface area (Å²) in [6, 6.07) is 4.44. The van der Waals surface area contributed by atoms with Gasteiger partial charge in [-0.25, -0.2) is 9.18 Å². The van der Waals surface area contributed by atoms with Gasteiger partial charge in [0.25, 0.3) is 0 Å². The van der Waals surface area contributed by atoms with Gasteiger partial charge in [-0.3, -0.25) is 4.68 Å². The minimum atomic E-state index is -1.05. The highest BCUT2D eigenvalue weighted by molar-refractivity contribution is 5.88. The van der Waals surface area contributed by atoms with E-state index in [9.17, 15) is 9.18 Å². The van der Waals surface area contributed by atoms with Crippen LogP contribution in [0.3, 0.4) is 0 Å². The van der Waals surface area contributed by atoms with Crippen LogP contribution in [-0.2, 0) is 13.6 Å². The number of aryl methyl sites for hydroxylation is 1. The van der Waals surface area contributed by atoms with Crippen molar-refractivity contribution in [3.63, 3.8) is 0 Å². The first-order valence-corrected chi connectivity index (χ1v) is 5.84. The molecule has 0 fully saturated rings. The maximum absolute atomic E-state index is 13.5. The molecule has 6 nitrogen and oxygen atoms in total. The van der Waals surface area contributed by atoms with Gasteiger partial charge in [0.05, 0.1) is 25.5 Å². The van der Waals surface area contributed by atoms with Crippen LogP contribution in [0.5, 0.6) is 5.75 Å². The van der Waals surface area contributed by atoms with E-state index in [0.717, 1.165) is 0 Å². The number of halogens is 1. The Kier molecular flexibility index (Phi) is 3.88. The number of aromatic nitrogens is 2. The van der Waals surface area contributed by atoms with E-state index in [1.807, 2.05) is 0 Å². The minimum Gasteiger partial charge on any atom is -0.494 e. The predicted molar refractivity (Wildman–Crippen MR) is 70.4 cm³/mol. The molecule has 1 heterocycles. The molecule has 0 amide bonds. The highest BCUT2D eigenvalue weighted by Gasteiger charge is 2.14. The van der Waals surface area contributed by atoms with Crippen LogP contribution in [0, 0.1) is 5.82 Å². The lowest BCUT2D eigenvalue weighted by Gasteiger charge is -2.09. The normalized spacial score (nSPS) is 10.3. The van der Waals surface area contributed by atoms with Gasteiger partial charge in [0.1, 0.15) is 5.56 Å². The molecule has 0 aliphatic carbocycles. The van der Waals surface area contributed by atoms with Gasteiger partial charge in [0.15, 0.2) is 11.6 Å². The van der Waals surface area contributed by atoms with Gasteiger partial charge in [-0.05, 0) is 12.1 Å². The van der Waals surface area contributed by atoms with Crippen LogP contribution < -0.4 is 10.1 Å². The summed E-state index contributed by atoms with van der Waals surface area (Å²) >= 11 is 0. The molecular weight excluding hydrogens is 265 g/mol. The summed E-state index contributed by atoms with van der Waals surface area (Å²) in [6.45, 7) is 0.226. The molecule has 2 N–H and O–H groups in total. The van der Waals surface area contributed by atoms with E-state index < -0.39 is 11.8 Å². The van der Waals surface area contributed by atoms with Crippen molar-refractivity contribution in [3.05, 3.63) is 41.5 Å². The van der Waals surface area contributed by atoms with Crippen LogP contribution in [0.1, 0.15) is 16.1 Å². The molecule has 0 atom stereocenters. The fraction of sp³-hybridized carbons (Fsp3) is 0.231. The zero-order valence-corrected chi connectivity index (χ0v) is 11.1. The van der Waals surface area contributed by atoms with Crippen LogP contribution >= 0.6 is 0 Å². The minimum absolute atomic E-state index is 0.119. The van der Waals surface area contributed by atoms with Crippen molar-refractivity contribution in [1.82, 2.24) is 9.78 Å². The van der Waals surface area contributed by atoms with Crippen molar-refractivity contribution in [2.24, 2.45) is 7.05 Å². The SMILES string of the molecule is COc1ccc(NCc2c(C(=O)O)cnn2C)cc1F. The van der Waals surface area contributed by atoms with Crippen molar-refractivity contribution in [2.45, 2.75) is 6.54 Å². The summed E-state index contributed by atoms with van der Waals surface area (Å²) < 4.78 is 19.8. The Hall–Kier alpha value is -2.57. The standard InChI is InChI=1S/C13H14FN3O3/c1-17-11(9(6-16-17)13(18)19)7-15-8-3-4-12(20-2)10(14)5-8/h3-6,15H,7H2,1-2H3,(H,18,19). The first kappa shape index (κ1) is 13.9. The highest BCUT2D eigenvalue weighted by Crippen LogP contribution is 2.21. The van der Waals surface area contributed by atoms with Gasteiger partial charge < -0.3 is 15.2 Å². The molecule has 7 heteroatoms. The molecule has 2 aromatic rings. The molecular formula is C13H14FN3O3. The summed E-state index contributed by atoms with van der Waals surface area (Å²) in [7, 11) is 3.04. The lowest BCUT2D eigenvalue weighted by Crippen LogP contribution is -2.10. The number of carbonyl (C=O) groups is 1. The van der Waals surface area contributed by atoms with E-state index in [1.54, 1.807) is 13.1 Å². The van der Waals surface area contributed by atoms with Crippen LogP contribution in [0.4, 0.5) is 10.1 Å². The van der Waals surface area contributed by atoms with Crippen molar-refractivity contribution >= 4 is 11.7 Å². The molecule has 1 aromatic carbocycles. The fourth-order valence-electron chi connectivity index (χ4n) is 1.81. The predicted octanol–water partition coefficient (Wildman–Crippen LogP) is 1.88. The fourth-order valence-corrected chi connectivity index (χ4v) is 1.81. The van der Waals surface area contributed by atoms with Crippen molar-refractivity contribution in [3.8, 4) is 5.75 Å². The van der Waals surface area contributed by atoms with Gasteiger partial charge in [-0.1, -0.05) is 0 Å². The van der Waals surface area contributed by atoms with Crippen molar-refractivity contribution in [1.29, 1.82) is 0 Å². The van der Waals surface area contributed by atoms with E-state index >= 15 is 0 Å². The monoisotopic (exact) mass is 279 g/mol. The Bertz CT molecular complexity index is 640. The summed E-state index contributed by atoms with van der Waals surface area (Å²) in [5.41, 5.74) is 1.16. The molecule has 0 saturated carbocycles. The number of benzene rings is 1. The number of anilines is 1. The summed E-state index contributed by atoms with van der Waals surface area (Å²) in [5, 5.41) is 15.9. The van der Waals surface area contributed by atoms with E-state index in [1.165, 1.54) is 30.1 Å². The van der Waals surface area contributed by atoms with Crippen molar-refractivity contribution < 1.29 is 19.0 Å². The molecule has 0 radical (unpaired) electrons. The van der Waals surface area contributed by atoms with Gasteiger partial charge in [-0.15, -0.1) is 0 Å². The van der Waals surface area contributed by atoms with Crippen molar-refractivity contribution in [2.75, 3.05) is 12.4 Å². The van der Waals surface area contributed by atoms with Crippen LogP contribution in [0.15, 0.2) is 24.4 Å². The second-order valence-corrected chi connectivity index (χ2v) is 4.14. The summed E-state index contributed by atoms with van der Waals surface area (Å²) in [4.78, 5) is 11.0. The van der Waals surface area contributed by atoms with Gasteiger partial charge in [0, 0.05) is 18.8 Å². The number of hydrogen-bond donors (Lipinski definition) is 2. The molecule has 0 aliphatic heterocycles. The number of carboxylic acids is 1. The molecule has 0 bridgehead atoms. The first-order valence-electron chi connectivity index (χ1n) is 5.84. The number of rotatable bonds is 5. The molecule has 20 heavy (non-hydrogen) atoms. The third kappa shape index (κ3) is 2.71. The molecule has 106 valence electrons. The third-order valence-electron chi connectivity index (χ3n) is 2.90. The number of nitrogens with zero attached hydrogens (tertiary/aromatic N) is 2. The second kappa shape index (κ2) is 5.60. The smallest absolute Gasteiger partial charge is 0.339 e. The molecule has 1 aromatic heterocycles. The van der Waals surface area contributed by atoms with Gasteiger partial charge >= 0.3 is 5.97 Å². The maximum Gasteiger partial charge on any atom is 0.339 e. The number of carboxylic acid groups (broad SMARTS) is 1. The number of aromatic carboxylic acids is 1. The first-order chi connectivity index (χ1) is 9.52. The Morgan fingerprint density at radius 2 is 2.30 bits per heavy atom. The molecule has 0 saturated heterocycles. The summed E-state index contributed by atoms with van der Waals surface area (Å²) in [6.07, 6.45) is 1.29. The topological polar surface area (TPSA) is 76.4 Å². The van der Waals surface area contributed by atoms with E-state index in [4.69, 9.17) is 9.84 Å². The van der Waals surface area contributed by atoms with Crippen LogP contribution in [0.2, 0.25) is 0 Å². The average Bonchev–Trinajstić information content (AvgIpc) is 2.78. The number of nitrogens with one attached hydrogen (secondary N) is 1. The van der Waals surface area contributed by atoms with Crippen LogP contribution in [0.25, 0.3) is 0 Å². The number of ether oxygens (including phenoxy) is 1. The Balaban J connectivity index is 2.15. The molecule has 0 spiro atoms. The van der Waals surface area contributed by atoms with Crippen LogP contribution in [-0.4, -0.2) is 28.0 Å². The van der Waals surface area contributed by atoms with Gasteiger partial charge in [-0.2, -0.15) is 5.10 Å². The van der Waals surface area contributed by atoms with E-state index in [2.05, 4.69) is 10.4 Å². The maximum atomic E-state index is 13.5. The number of methoxy groups -OCH3 is 1. The third-order valence-corrected chi connectivity index (χ3v) is 2.90. The summed E-state index contributed by atoms with van der Waals surface area (Å²) in [5.74, 6) is -1.38. The average molecular weight is 279 g/mol. The van der Waals surface area contributed by atoms with E-state index in [-0.39, 0.29) is 17.9 Å². The Morgan fingerprint density at radius 3 is 2.90 bits per heavy atom. The Morgan fingerprint density at radius 1 is 1.55 bits per heavy atom. The van der Waals surface area contributed by atoms with Gasteiger partial charge in [0.2, 0.25) is 0 Å². The number of hydrogen-bond acceptors (Lipinski definition) is 4. The second-order valence-electron chi connectivity index (χ2n) is 4.14. The quantitative estimate of drug-likeness (QED) is 0.874.